The van der Waals surface area contributed by atoms with Gasteiger partial charge in [0.05, 0.1) is 24.1 Å². The third-order valence-electron chi connectivity index (χ3n) is 6.96. The second-order valence-electron chi connectivity index (χ2n) is 9.82. The predicted octanol–water partition coefficient (Wildman–Crippen LogP) is 5.05. The summed E-state index contributed by atoms with van der Waals surface area (Å²) in [6.07, 6.45) is 1.63. The maximum atomic E-state index is 13.3. The molecule has 0 saturated heterocycles. The molecule has 190 valence electrons. The molecule has 5 rings (SSSR count). The van der Waals surface area contributed by atoms with Gasteiger partial charge in [-0.15, -0.1) is 0 Å². The Balaban J connectivity index is 1.41. The molecule has 4 aromatic rings. The van der Waals surface area contributed by atoms with Crippen molar-refractivity contribution >= 4 is 5.91 Å². The highest BCUT2D eigenvalue weighted by atomic mass is 16.5. The van der Waals surface area contributed by atoms with Crippen molar-refractivity contribution in [2.24, 2.45) is 0 Å². The highest BCUT2D eigenvalue weighted by molar-refractivity contribution is 5.99. The molecule has 7 heteroatoms. The number of carbonyl (C=O) groups excluding carboxylic acids is 1. The molecule has 1 aromatic heterocycles. The van der Waals surface area contributed by atoms with Gasteiger partial charge in [0.15, 0.2) is 0 Å². The van der Waals surface area contributed by atoms with E-state index in [2.05, 4.69) is 39.4 Å². The number of carbonyl (C=O) groups is 1. The summed E-state index contributed by atoms with van der Waals surface area (Å²) in [5.74, 6) is 0.807. The topological polar surface area (TPSA) is 81.7 Å². The molecular formula is C30H32N4O3. The molecular weight excluding hydrogens is 464 g/mol. The monoisotopic (exact) mass is 496 g/mol. The molecule has 0 fully saturated rings. The van der Waals surface area contributed by atoms with Crippen molar-refractivity contribution in [2.45, 2.75) is 12.8 Å². The first-order valence-corrected chi connectivity index (χ1v) is 12.4. The SMILES string of the molecule is COc1cc2c(cc1C(=O)N(C)CCCN(C)C)-c1[nH]nc(-c3ccc(-c4ccc(O)cc4)cc3)c1C2. The number of methoxy groups -OCH3 is 1. The second kappa shape index (κ2) is 10.1. The molecule has 0 saturated carbocycles. The Morgan fingerprint density at radius 1 is 0.973 bits per heavy atom. The maximum Gasteiger partial charge on any atom is 0.257 e. The molecule has 7 nitrogen and oxygen atoms in total. The first-order chi connectivity index (χ1) is 17.9. The number of benzene rings is 3. The normalized spacial score (nSPS) is 11.9. The van der Waals surface area contributed by atoms with Crippen molar-refractivity contribution in [3.8, 4) is 45.1 Å². The zero-order valence-electron chi connectivity index (χ0n) is 21.7. The number of ether oxygens (including phenoxy) is 1. The zero-order chi connectivity index (χ0) is 26.1. The Hall–Kier alpha value is -4.10. The molecule has 1 aliphatic carbocycles. The number of amides is 1. The first kappa shape index (κ1) is 24.6. The van der Waals surface area contributed by atoms with Gasteiger partial charge >= 0.3 is 0 Å². The van der Waals surface area contributed by atoms with Crippen LogP contribution in [0, 0.1) is 0 Å². The molecule has 1 aliphatic rings. The maximum absolute atomic E-state index is 13.3. The lowest BCUT2D eigenvalue weighted by molar-refractivity contribution is 0.0787. The van der Waals surface area contributed by atoms with Crippen LogP contribution in [0.3, 0.4) is 0 Å². The Labute approximate surface area is 217 Å². The summed E-state index contributed by atoms with van der Waals surface area (Å²) in [5, 5.41) is 17.4. The molecule has 0 atom stereocenters. The number of nitrogens with zero attached hydrogens (tertiary/aromatic N) is 3. The van der Waals surface area contributed by atoms with Crippen LogP contribution >= 0.6 is 0 Å². The van der Waals surface area contributed by atoms with Crippen molar-refractivity contribution in [3.05, 3.63) is 77.4 Å². The summed E-state index contributed by atoms with van der Waals surface area (Å²) in [7, 11) is 7.52. The lowest BCUT2D eigenvalue weighted by Crippen LogP contribution is -2.30. The summed E-state index contributed by atoms with van der Waals surface area (Å²) in [5.41, 5.74) is 8.82. The zero-order valence-corrected chi connectivity index (χ0v) is 21.7. The molecule has 1 amide bonds. The molecule has 0 aliphatic heterocycles. The number of nitrogens with one attached hydrogen (secondary N) is 1. The van der Waals surface area contributed by atoms with E-state index in [1.165, 1.54) is 0 Å². The Kier molecular flexibility index (Phi) is 6.72. The van der Waals surface area contributed by atoms with Crippen LogP contribution in [0.15, 0.2) is 60.7 Å². The van der Waals surface area contributed by atoms with E-state index in [9.17, 15) is 9.90 Å². The largest absolute Gasteiger partial charge is 0.508 e. The number of rotatable bonds is 8. The van der Waals surface area contributed by atoms with Gasteiger partial charge in [0.2, 0.25) is 0 Å². The van der Waals surface area contributed by atoms with E-state index in [4.69, 9.17) is 4.74 Å². The minimum atomic E-state index is -0.0450. The number of H-pyrrole nitrogens is 1. The van der Waals surface area contributed by atoms with Gasteiger partial charge in [-0.25, -0.2) is 0 Å². The smallest absolute Gasteiger partial charge is 0.257 e. The lowest BCUT2D eigenvalue weighted by Gasteiger charge is -2.20. The van der Waals surface area contributed by atoms with Gasteiger partial charge in [0.1, 0.15) is 11.5 Å². The van der Waals surface area contributed by atoms with Crippen molar-refractivity contribution in [2.75, 3.05) is 41.3 Å². The molecule has 2 N–H and O–H groups in total. The van der Waals surface area contributed by atoms with E-state index in [1.54, 1.807) is 24.1 Å². The van der Waals surface area contributed by atoms with Crippen molar-refractivity contribution in [1.82, 2.24) is 20.0 Å². The number of phenolic OH excluding ortho intramolecular Hbond substituents is 1. The fourth-order valence-electron chi connectivity index (χ4n) is 4.93. The number of fused-ring (bicyclic) bond motifs is 3. The first-order valence-electron chi connectivity index (χ1n) is 12.4. The van der Waals surface area contributed by atoms with Crippen LogP contribution in [0.5, 0.6) is 11.5 Å². The average Bonchev–Trinajstić information content (AvgIpc) is 3.47. The number of hydrogen-bond acceptors (Lipinski definition) is 5. The number of aromatic nitrogens is 2. The Morgan fingerprint density at radius 2 is 1.62 bits per heavy atom. The van der Waals surface area contributed by atoms with Crippen molar-refractivity contribution in [1.29, 1.82) is 0 Å². The van der Waals surface area contributed by atoms with Crippen LogP contribution in [0.2, 0.25) is 0 Å². The van der Waals surface area contributed by atoms with Crippen LogP contribution in [0.1, 0.15) is 27.9 Å². The third kappa shape index (κ3) is 4.82. The van der Waals surface area contributed by atoms with Crippen LogP contribution in [0.25, 0.3) is 33.6 Å². The van der Waals surface area contributed by atoms with E-state index in [0.29, 0.717) is 17.9 Å². The van der Waals surface area contributed by atoms with E-state index >= 15 is 0 Å². The summed E-state index contributed by atoms with van der Waals surface area (Å²) in [4.78, 5) is 17.2. The average molecular weight is 497 g/mol. The molecule has 0 radical (unpaired) electrons. The fraction of sp³-hybridized carbons (Fsp3) is 0.267. The highest BCUT2D eigenvalue weighted by Crippen LogP contribution is 2.43. The fourth-order valence-corrected chi connectivity index (χ4v) is 4.93. The standard InChI is InChI=1S/C30H32N4O3/c1-33(2)14-5-15-34(3)30(36)25-18-24-22(17-27(25)37-4)16-26-28(31-32-29(24)26)21-8-6-19(7-9-21)20-10-12-23(35)13-11-20/h6-13,17-18,35H,5,14-16H2,1-4H3,(H,31,32). The number of phenols is 1. The number of hydrogen-bond donors (Lipinski definition) is 2. The van der Waals surface area contributed by atoms with Gasteiger partial charge in [-0.1, -0.05) is 36.4 Å². The van der Waals surface area contributed by atoms with Gasteiger partial charge in [0.25, 0.3) is 5.91 Å². The van der Waals surface area contributed by atoms with E-state index in [0.717, 1.165) is 64.2 Å². The van der Waals surface area contributed by atoms with Crippen LogP contribution < -0.4 is 4.74 Å². The molecule has 0 unspecified atom stereocenters. The van der Waals surface area contributed by atoms with Crippen molar-refractivity contribution < 1.29 is 14.6 Å². The Bertz CT molecular complexity index is 1420. The summed E-state index contributed by atoms with van der Waals surface area (Å²) in [6.45, 7) is 1.60. The van der Waals surface area contributed by atoms with Gasteiger partial charge < -0.3 is 19.6 Å². The molecule has 1 heterocycles. The highest BCUT2D eigenvalue weighted by Gasteiger charge is 2.29. The van der Waals surface area contributed by atoms with Gasteiger partial charge in [-0.05, 0) is 68.0 Å². The van der Waals surface area contributed by atoms with Crippen LogP contribution in [-0.4, -0.2) is 72.4 Å². The molecule has 37 heavy (non-hydrogen) atoms. The van der Waals surface area contributed by atoms with E-state index in [-0.39, 0.29) is 11.7 Å². The minimum Gasteiger partial charge on any atom is -0.508 e. The van der Waals surface area contributed by atoms with E-state index < -0.39 is 0 Å². The lowest BCUT2D eigenvalue weighted by atomic mass is 10.0. The van der Waals surface area contributed by atoms with Gasteiger partial charge in [-0.3, -0.25) is 9.89 Å². The molecule has 0 spiro atoms. The number of aromatic hydroxyl groups is 1. The van der Waals surface area contributed by atoms with Gasteiger partial charge in [-0.2, -0.15) is 5.10 Å². The van der Waals surface area contributed by atoms with E-state index in [1.807, 2.05) is 45.4 Å². The van der Waals surface area contributed by atoms with Crippen LogP contribution in [0.4, 0.5) is 0 Å². The second-order valence-corrected chi connectivity index (χ2v) is 9.82. The molecule has 0 bridgehead atoms. The quantitative estimate of drug-likeness (QED) is 0.314. The molecule has 3 aromatic carbocycles. The third-order valence-corrected chi connectivity index (χ3v) is 6.96. The Morgan fingerprint density at radius 3 is 2.27 bits per heavy atom. The summed E-state index contributed by atoms with van der Waals surface area (Å²) < 4.78 is 5.64. The van der Waals surface area contributed by atoms with Crippen molar-refractivity contribution in [3.63, 3.8) is 0 Å². The minimum absolute atomic E-state index is 0.0450. The van der Waals surface area contributed by atoms with Gasteiger partial charge in [0, 0.05) is 36.7 Å². The van der Waals surface area contributed by atoms with Crippen LogP contribution in [-0.2, 0) is 6.42 Å². The number of aromatic amines is 1. The summed E-state index contributed by atoms with van der Waals surface area (Å²) >= 11 is 0. The summed E-state index contributed by atoms with van der Waals surface area (Å²) in [6, 6.07) is 19.4. The predicted molar refractivity (Wildman–Crippen MR) is 146 cm³/mol.